The van der Waals surface area contributed by atoms with E-state index in [0.29, 0.717) is 15.6 Å². The maximum Gasteiger partial charge on any atom is 0.243 e. The molecule has 2 aromatic carbocycles. The summed E-state index contributed by atoms with van der Waals surface area (Å²) in [5.41, 5.74) is 1.46. The zero-order chi connectivity index (χ0) is 21.6. The fraction of sp³-hybridized carbons (Fsp3) is 0.381. The molecule has 0 aliphatic carbocycles. The van der Waals surface area contributed by atoms with Crippen molar-refractivity contribution in [2.75, 3.05) is 6.54 Å². The number of halogens is 2. The molecule has 0 radical (unpaired) electrons. The van der Waals surface area contributed by atoms with E-state index in [0.717, 1.165) is 12.0 Å². The highest BCUT2D eigenvalue weighted by Crippen LogP contribution is 2.28. The number of hydrogen-bond donors (Lipinski definition) is 1. The Morgan fingerprint density at radius 1 is 1.10 bits per heavy atom. The molecule has 158 valence electrons. The first-order chi connectivity index (χ1) is 13.6. The van der Waals surface area contributed by atoms with Gasteiger partial charge in [-0.1, -0.05) is 53.9 Å². The lowest BCUT2D eigenvalue weighted by atomic mass is 10.2. The van der Waals surface area contributed by atoms with Crippen molar-refractivity contribution < 1.29 is 13.2 Å². The molecule has 1 N–H and O–H groups in total. The van der Waals surface area contributed by atoms with Crippen molar-refractivity contribution in [3.63, 3.8) is 0 Å². The van der Waals surface area contributed by atoms with Crippen LogP contribution < -0.4 is 5.32 Å². The van der Waals surface area contributed by atoms with Gasteiger partial charge in [0.05, 0.1) is 4.90 Å². The van der Waals surface area contributed by atoms with Crippen molar-refractivity contribution >= 4 is 39.1 Å². The number of sulfonamides is 1. The van der Waals surface area contributed by atoms with Gasteiger partial charge in [-0.3, -0.25) is 4.79 Å². The van der Waals surface area contributed by atoms with Crippen molar-refractivity contribution in [1.29, 1.82) is 0 Å². The number of nitrogens with one attached hydrogen (secondary N) is 1. The molecule has 0 fully saturated rings. The van der Waals surface area contributed by atoms with Gasteiger partial charge in [0.15, 0.2) is 0 Å². The highest BCUT2D eigenvalue weighted by molar-refractivity contribution is 7.89. The number of hydrogen-bond acceptors (Lipinski definition) is 3. The summed E-state index contributed by atoms with van der Waals surface area (Å²) >= 11 is 12.5. The number of carbonyl (C=O) groups excluding carboxylic acids is 1. The van der Waals surface area contributed by atoms with Crippen molar-refractivity contribution in [2.24, 2.45) is 0 Å². The van der Waals surface area contributed by atoms with Crippen LogP contribution in [0.15, 0.2) is 47.4 Å². The summed E-state index contributed by atoms with van der Waals surface area (Å²) in [7, 11) is -3.84. The second kappa shape index (κ2) is 10.4. The van der Waals surface area contributed by atoms with Gasteiger partial charge in [0.2, 0.25) is 15.9 Å². The lowest BCUT2D eigenvalue weighted by molar-refractivity contribution is -0.121. The number of nitrogens with zero attached hydrogens (tertiary/aromatic N) is 1. The van der Waals surface area contributed by atoms with Gasteiger partial charge >= 0.3 is 0 Å². The Morgan fingerprint density at radius 2 is 1.69 bits per heavy atom. The molecule has 0 saturated heterocycles. The Morgan fingerprint density at radius 3 is 2.24 bits per heavy atom. The summed E-state index contributed by atoms with van der Waals surface area (Å²) in [4.78, 5) is 12.4. The topological polar surface area (TPSA) is 66.5 Å². The first kappa shape index (κ1) is 23.7. The third-order valence-corrected chi connectivity index (χ3v) is 7.23. The summed E-state index contributed by atoms with van der Waals surface area (Å²) in [6.45, 7) is 5.75. The van der Waals surface area contributed by atoms with E-state index in [1.54, 1.807) is 42.5 Å². The SMILES string of the molecule is CCC(C)NC(=O)CCN(Cc1c(Cl)cccc1Cl)S(=O)(=O)c1ccc(C)cc1. The molecule has 0 aliphatic heterocycles. The molecule has 29 heavy (non-hydrogen) atoms. The zero-order valence-corrected chi connectivity index (χ0v) is 19.1. The minimum Gasteiger partial charge on any atom is -0.354 e. The first-order valence-corrected chi connectivity index (χ1v) is 11.6. The predicted molar refractivity (Wildman–Crippen MR) is 118 cm³/mol. The average molecular weight is 457 g/mol. The number of rotatable bonds is 9. The highest BCUT2D eigenvalue weighted by atomic mass is 35.5. The van der Waals surface area contributed by atoms with Crippen LogP contribution in [0.4, 0.5) is 0 Å². The van der Waals surface area contributed by atoms with Crippen LogP contribution in [0.25, 0.3) is 0 Å². The van der Waals surface area contributed by atoms with Gasteiger partial charge < -0.3 is 5.32 Å². The van der Waals surface area contributed by atoms with Crippen LogP contribution in [0.5, 0.6) is 0 Å². The van der Waals surface area contributed by atoms with Crippen molar-refractivity contribution in [3.8, 4) is 0 Å². The highest BCUT2D eigenvalue weighted by Gasteiger charge is 2.27. The number of benzene rings is 2. The van der Waals surface area contributed by atoms with Crippen LogP contribution in [0, 0.1) is 6.92 Å². The smallest absolute Gasteiger partial charge is 0.243 e. The molecule has 0 aromatic heterocycles. The van der Waals surface area contributed by atoms with E-state index >= 15 is 0 Å². The summed E-state index contributed by atoms with van der Waals surface area (Å²) < 4.78 is 27.8. The van der Waals surface area contributed by atoms with Crippen LogP contribution >= 0.6 is 23.2 Å². The standard InChI is InChI=1S/C21H26Cl2N2O3S/c1-4-16(3)24-21(26)12-13-25(14-18-19(22)6-5-7-20(18)23)29(27,28)17-10-8-15(2)9-11-17/h5-11,16H,4,12-14H2,1-3H3,(H,24,26). The molecule has 8 heteroatoms. The molecular formula is C21H26Cl2N2O3S. The van der Waals surface area contributed by atoms with Gasteiger partial charge in [-0.05, 0) is 44.5 Å². The predicted octanol–water partition coefficient (Wildman–Crippen LogP) is 4.80. The molecule has 5 nitrogen and oxygen atoms in total. The second-order valence-corrected chi connectivity index (χ2v) is 9.73. The molecular weight excluding hydrogens is 431 g/mol. The van der Waals surface area contributed by atoms with E-state index in [1.165, 1.54) is 4.31 Å². The van der Waals surface area contributed by atoms with E-state index in [4.69, 9.17) is 23.2 Å². The number of amides is 1. The van der Waals surface area contributed by atoms with Crippen molar-refractivity contribution in [2.45, 2.75) is 51.1 Å². The van der Waals surface area contributed by atoms with Crippen molar-refractivity contribution in [3.05, 3.63) is 63.6 Å². The molecule has 2 rings (SSSR count). The maximum atomic E-state index is 13.3. The Kier molecular flexibility index (Phi) is 8.52. The van der Waals surface area contributed by atoms with Crippen LogP contribution in [-0.4, -0.2) is 31.2 Å². The van der Waals surface area contributed by atoms with Crippen LogP contribution in [0.1, 0.15) is 37.8 Å². The molecule has 1 amide bonds. The van der Waals surface area contributed by atoms with Crippen LogP contribution in [0.3, 0.4) is 0 Å². The van der Waals surface area contributed by atoms with Gasteiger partial charge in [-0.25, -0.2) is 8.42 Å². The summed E-state index contributed by atoms with van der Waals surface area (Å²) in [6.07, 6.45) is 0.837. The monoisotopic (exact) mass is 456 g/mol. The van der Waals surface area contributed by atoms with Gasteiger partial charge in [0.25, 0.3) is 0 Å². The van der Waals surface area contributed by atoms with E-state index in [9.17, 15) is 13.2 Å². The van der Waals surface area contributed by atoms with E-state index < -0.39 is 10.0 Å². The number of aryl methyl sites for hydroxylation is 1. The van der Waals surface area contributed by atoms with Gasteiger partial charge in [0.1, 0.15) is 0 Å². The molecule has 2 aromatic rings. The number of carbonyl (C=O) groups is 1. The minimum atomic E-state index is -3.84. The van der Waals surface area contributed by atoms with E-state index in [2.05, 4.69) is 5.32 Å². The molecule has 0 saturated carbocycles. The third-order valence-electron chi connectivity index (χ3n) is 4.66. The Bertz CT molecular complexity index is 927. The summed E-state index contributed by atoms with van der Waals surface area (Å²) in [6, 6.07) is 11.7. The summed E-state index contributed by atoms with van der Waals surface area (Å²) in [5, 5.41) is 3.62. The van der Waals surface area contributed by atoms with E-state index in [-0.39, 0.29) is 36.4 Å². The van der Waals surface area contributed by atoms with Gasteiger partial charge in [0, 0.05) is 41.2 Å². The lowest BCUT2D eigenvalue weighted by Crippen LogP contribution is -2.37. The average Bonchev–Trinajstić information content (AvgIpc) is 2.67. The van der Waals surface area contributed by atoms with Crippen molar-refractivity contribution in [1.82, 2.24) is 9.62 Å². The Balaban J connectivity index is 2.32. The molecule has 0 spiro atoms. The third kappa shape index (κ3) is 6.44. The summed E-state index contributed by atoms with van der Waals surface area (Å²) in [5.74, 6) is -0.200. The lowest BCUT2D eigenvalue weighted by Gasteiger charge is -2.23. The molecule has 0 aliphatic rings. The zero-order valence-electron chi connectivity index (χ0n) is 16.8. The maximum absolute atomic E-state index is 13.3. The van der Waals surface area contributed by atoms with Gasteiger partial charge in [-0.15, -0.1) is 0 Å². The molecule has 1 atom stereocenters. The Labute approximate surface area is 183 Å². The van der Waals surface area contributed by atoms with Gasteiger partial charge in [-0.2, -0.15) is 4.31 Å². The Hall–Kier alpha value is -1.60. The van der Waals surface area contributed by atoms with Crippen LogP contribution in [-0.2, 0) is 21.4 Å². The quantitative estimate of drug-likeness (QED) is 0.589. The molecule has 1 unspecified atom stereocenters. The fourth-order valence-corrected chi connectivity index (χ4v) is 4.60. The molecule has 0 heterocycles. The first-order valence-electron chi connectivity index (χ1n) is 9.44. The normalized spacial score (nSPS) is 12.8. The molecule has 0 bridgehead atoms. The van der Waals surface area contributed by atoms with E-state index in [1.807, 2.05) is 20.8 Å². The second-order valence-electron chi connectivity index (χ2n) is 6.98. The fourth-order valence-electron chi connectivity index (χ4n) is 2.68. The van der Waals surface area contributed by atoms with Crippen LogP contribution in [0.2, 0.25) is 10.0 Å². The minimum absolute atomic E-state index is 0.0139. The largest absolute Gasteiger partial charge is 0.354 e.